The lowest BCUT2D eigenvalue weighted by Crippen LogP contribution is -2.51. The van der Waals surface area contributed by atoms with E-state index >= 15 is 0 Å². The number of aromatic nitrogens is 4. The van der Waals surface area contributed by atoms with Crippen molar-refractivity contribution in [2.45, 2.75) is 38.3 Å². The average Bonchev–Trinajstić information content (AvgIpc) is 3.40. The van der Waals surface area contributed by atoms with Gasteiger partial charge in [-0.05, 0) is 44.8 Å². The summed E-state index contributed by atoms with van der Waals surface area (Å²) < 4.78 is 13.3. The van der Waals surface area contributed by atoms with Crippen molar-refractivity contribution in [2.75, 3.05) is 51.8 Å². The molecule has 6 rings (SSSR count). The quantitative estimate of drug-likeness (QED) is 0.365. The highest BCUT2D eigenvalue weighted by Crippen LogP contribution is 2.30. The van der Waals surface area contributed by atoms with Gasteiger partial charge in [0.15, 0.2) is 11.3 Å². The van der Waals surface area contributed by atoms with E-state index in [2.05, 4.69) is 33.2 Å². The number of hydrogen-bond donors (Lipinski definition) is 1. The highest BCUT2D eigenvalue weighted by atomic mass is 16.5. The van der Waals surface area contributed by atoms with E-state index in [0.29, 0.717) is 61.3 Å². The summed E-state index contributed by atoms with van der Waals surface area (Å²) in [6.45, 7) is 5.19. The van der Waals surface area contributed by atoms with Gasteiger partial charge in [0, 0.05) is 43.2 Å². The number of anilines is 1. The summed E-state index contributed by atoms with van der Waals surface area (Å²) in [5, 5.41) is 14.5. The molecule has 11 heteroatoms. The summed E-state index contributed by atoms with van der Waals surface area (Å²) >= 11 is 0. The van der Waals surface area contributed by atoms with Crippen molar-refractivity contribution in [1.29, 1.82) is 5.26 Å². The largest absolute Gasteiger partial charge is 0.497 e. The fourth-order valence-corrected chi connectivity index (χ4v) is 5.90. The van der Waals surface area contributed by atoms with Crippen molar-refractivity contribution in [3.05, 3.63) is 52.6 Å². The molecule has 4 heterocycles. The molecule has 212 valence electrons. The number of rotatable bonds is 7. The van der Waals surface area contributed by atoms with Gasteiger partial charge in [0.2, 0.25) is 0 Å². The second kappa shape index (κ2) is 11.3. The third-order valence-electron chi connectivity index (χ3n) is 8.11. The predicted molar refractivity (Wildman–Crippen MR) is 157 cm³/mol. The Bertz CT molecular complexity index is 1700. The number of benzene rings is 2. The van der Waals surface area contributed by atoms with E-state index < -0.39 is 0 Å². The maximum Gasteiger partial charge on any atom is 0.319 e. The third-order valence-corrected chi connectivity index (χ3v) is 8.11. The normalized spacial score (nSPS) is 19.5. The van der Waals surface area contributed by atoms with Gasteiger partial charge in [-0.2, -0.15) is 15.2 Å². The first-order valence-corrected chi connectivity index (χ1v) is 14.0. The van der Waals surface area contributed by atoms with E-state index in [1.54, 1.807) is 11.7 Å². The van der Waals surface area contributed by atoms with Crippen LogP contribution in [0.1, 0.15) is 25.1 Å². The second-order valence-corrected chi connectivity index (χ2v) is 10.7. The molecule has 0 spiro atoms. The standard InChI is InChI=1S/C30H34N8O3/c1-19-33-26-27(29(39)38(19)25-16-23(40-3)15-20-7-4-5-9-24(20)25)34-30(41-18-22-8-6-13-36(22)2)35-28(26)37-14-12-32-21(17-37)10-11-31/h4-5,7,9,15-16,21-22,32H,6,8,10,12-14,17-18H2,1-3H3/t21-,22-/m0/s1. The molecule has 2 atom stereocenters. The number of aryl methyl sites for hydroxylation is 1. The van der Waals surface area contributed by atoms with Crippen LogP contribution in [0.25, 0.3) is 27.5 Å². The molecule has 2 saturated heterocycles. The van der Waals surface area contributed by atoms with Crippen molar-refractivity contribution in [2.24, 2.45) is 0 Å². The van der Waals surface area contributed by atoms with Crippen LogP contribution in [-0.4, -0.2) is 83.4 Å². The molecule has 2 aromatic heterocycles. The molecular formula is C30H34N8O3. The van der Waals surface area contributed by atoms with Crippen LogP contribution >= 0.6 is 0 Å². The first-order chi connectivity index (χ1) is 20.0. The van der Waals surface area contributed by atoms with E-state index in [1.165, 1.54) is 0 Å². The highest BCUT2D eigenvalue weighted by Gasteiger charge is 2.27. The molecule has 0 saturated carbocycles. The van der Waals surface area contributed by atoms with Crippen LogP contribution in [-0.2, 0) is 0 Å². The number of nitriles is 1. The number of methoxy groups -OCH3 is 1. The zero-order chi connectivity index (χ0) is 28.5. The molecule has 41 heavy (non-hydrogen) atoms. The van der Waals surface area contributed by atoms with Gasteiger partial charge in [-0.25, -0.2) is 4.98 Å². The Morgan fingerprint density at radius 2 is 2.00 bits per heavy atom. The minimum Gasteiger partial charge on any atom is -0.497 e. The van der Waals surface area contributed by atoms with Crippen molar-refractivity contribution >= 4 is 27.6 Å². The van der Waals surface area contributed by atoms with Crippen LogP contribution in [0.4, 0.5) is 5.82 Å². The number of fused-ring (bicyclic) bond motifs is 2. The number of likely N-dealkylation sites (N-methyl/N-ethyl adjacent to an activating group) is 1. The van der Waals surface area contributed by atoms with Gasteiger partial charge in [0.25, 0.3) is 5.56 Å². The Morgan fingerprint density at radius 1 is 1.15 bits per heavy atom. The number of hydrogen-bond acceptors (Lipinski definition) is 10. The lowest BCUT2D eigenvalue weighted by molar-refractivity contribution is 0.188. The monoisotopic (exact) mass is 554 g/mol. The Morgan fingerprint density at radius 3 is 2.78 bits per heavy atom. The SMILES string of the molecule is COc1cc(-n2c(C)nc3c(N4CCN[C@@H](CC#N)C4)nc(OC[C@@H]4CCCN4C)nc3c2=O)c2ccccc2c1. The van der Waals surface area contributed by atoms with Gasteiger partial charge < -0.3 is 24.6 Å². The fraction of sp³-hybridized carbons (Fsp3) is 0.433. The van der Waals surface area contributed by atoms with Gasteiger partial charge in [-0.15, -0.1) is 0 Å². The molecule has 0 unspecified atom stereocenters. The molecule has 2 aliphatic heterocycles. The molecule has 0 radical (unpaired) electrons. The number of ether oxygens (including phenoxy) is 2. The van der Waals surface area contributed by atoms with Crippen LogP contribution in [0.3, 0.4) is 0 Å². The van der Waals surface area contributed by atoms with Gasteiger partial charge in [-0.1, -0.05) is 24.3 Å². The Balaban J connectivity index is 1.52. The summed E-state index contributed by atoms with van der Waals surface area (Å²) in [5.74, 6) is 1.70. The van der Waals surface area contributed by atoms with Crippen LogP contribution in [0.2, 0.25) is 0 Å². The maximum absolute atomic E-state index is 14.3. The minimum absolute atomic E-state index is 0.0140. The summed E-state index contributed by atoms with van der Waals surface area (Å²) in [4.78, 5) is 33.0. The van der Waals surface area contributed by atoms with E-state index in [9.17, 15) is 10.1 Å². The molecule has 4 aromatic rings. The molecule has 0 aliphatic carbocycles. The Labute approximate surface area is 238 Å². The van der Waals surface area contributed by atoms with Gasteiger partial charge in [0.05, 0.1) is 25.3 Å². The van der Waals surface area contributed by atoms with E-state index in [-0.39, 0.29) is 29.2 Å². The molecule has 2 aliphatic rings. The van der Waals surface area contributed by atoms with Crippen molar-refractivity contribution in [1.82, 2.24) is 29.7 Å². The first kappa shape index (κ1) is 26.9. The lowest BCUT2D eigenvalue weighted by Gasteiger charge is -2.34. The summed E-state index contributed by atoms with van der Waals surface area (Å²) in [7, 11) is 3.70. The van der Waals surface area contributed by atoms with Crippen molar-refractivity contribution in [3.63, 3.8) is 0 Å². The smallest absolute Gasteiger partial charge is 0.319 e. The zero-order valence-corrected chi connectivity index (χ0v) is 23.6. The van der Waals surface area contributed by atoms with E-state index in [1.807, 2.05) is 43.3 Å². The summed E-state index contributed by atoms with van der Waals surface area (Å²) in [6.07, 6.45) is 2.54. The third kappa shape index (κ3) is 5.16. The molecule has 1 N–H and O–H groups in total. The number of piperazine rings is 1. The molecule has 11 nitrogen and oxygen atoms in total. The Kier molecular flexibility index (Phi) is 7.43. The van der Waals surface area contributed by atoms with E-state index in [4.69, 9.17) is 19.4 Å². The predicted octanol–water partition coefficient (Wildman–Crippen LogP) is 2.81. The summed E-state index contributed by atoms with van der Waals surface area (Å²) in [6, 6.07) is 14.3. The zero-order valence-electron chi connectivity index (χ0n) is 23.6. The number of nitrogens with one attached hydrogen (secondary N) is 1. The average molecular weight is 555 g/mol. The van der Waals surface area contributed by atoms with Crippen LogP contribution in [0, 0.1) is 18.3 Å². The van der Waals surface area contributed by atoms with E-state index in [0.717, 1.165) is 30.2 Å². The molecular weight excluding hydrogens is 520 g/mol. The van der Waals surface area contributed by atoms with Crippen LogP contribution < -0.4 is 25.2 Å². The number of nitrogens with zero attached hydrogens (tertiary/aromatic N) is 7. The van der Waals surface area contributed by atoms with Gasteiger partial charge in [-0.3, -0.25) is 9.36 Å². The van der Waals surface area contributed by atoms with Crippen LogP contribution in [0.5, 0.6) is 11.8 Å². The highest BCUT2D eigenvalue weighted by molar-refractivity contribution is 5.92. The lowest BCUT2D eigenvalue weighted by atomic mass is 10.1. The van der Waals surface area contributed by atoms with Crippen molar-refractivity contribution < 1.29 is 9.47 Å². The molecule has 2 fully saturated rings. The first-order valence-electron chi connectivity index (χ1n) is 14.0. The summed E-state index contributed by atoms with van der Waals surface area (Å²) in [5.41, 5.74) is 0.987. The maximum atomic E-state index is 14.3. The molecule has 2 aromatic carbocycles. The topological polar surface area (TPSA) is 121 Å². The minimum atomic E-state index is -0.305. The van der Waals surface area contributed by atoms with Gasteiger partial charge in [0.1, 0.15) is 23.7 Å². The number of likely N-dealkylation sites (tertiary alicyclic amines) is 1. The van der Waals surface area contributed by atoms with Crippen LogP contribution in [0.15, 0.2) is 41.2 Å². The second-order valence-electron chi connectivity index (χ2n) is 10.7. The Hall–Kier alpha value is -4.27. The van der Waals surface area contributed by atoms with Gasteiger partial charge >= 0.3 is 6.01 Å². The van der Waals surface area contributed by atoms with Crippen molar-refractivity contribution in [3.8, 4) is 23.5 Å². The fourth-order valence-electron chi connectivity index (χ4n) is 5.90. The molecule has 0 amide bonds. The molecule has 0 bridgehead atoms.